The Balaban J connectivity index is 2.12. The maximum absolute atomic E-state index is 11.1. The zero-order valence-corrected chi connectivity index (χ0v) is 8.88. The summed E-state index contributed by atoms with van der Waals surface area (Å²) in [7, 11) is 0. The summed E-state index contributed by atoms with van der Waals surface area (Å²) in [4.78, 5) is 33.5. The Bertz CT molecular complexity index is 266. The second-order valence-electron chi connectivity index (χ2n) is 2.96. The lowest BCUT2D eigenvalue weighted by Gasteiger charge is -2.10. The van der Waals surface area contributed by atoms with E-state index in [-0.39, 0.29) is 24.9 Å². The summed E-state index contributed by atoms with van der Waals surface area (Å²) >= 11 is 1.42. The zero-order chi connectivity index (χ0) is 11.3. The van der Waals surface area contributed by atoms with Crippen molar-refractivity contribution in [2.75, 3.05) is 24.6 Å². The molecule has 0 aromatic heterocycles. The number of carboxylic acid groups (broad SMARTS) is 1. The highest BCUT2D eigenvalue weighted by Gasteiger charge is 2.27. The lowest BCUT2D eigenvalue weighted by Crippen LogP contribution is -2.32. The summed E-state index contributed by atoms with van der Waals surface area (Å²) in [6, 6.07) is -0.362. The minimum absolute atomic E-state index is 0.0681. The molecule has 2 N–H and O–H groups in total. The molecule has 0 saturated carbocycles. The predicted octanol–water partition coefficient (Wildman–Crippen LogP) is -0.254. The van der Waals surface area contributed by atoms with E-state index >= 15 is 0 Å². The molecule has 0 aromatic carbocycles. The number of nitrogens with one attached hydrogen (secondary N) is 1. The average Bonchev–Trinajstić information content (AvgIpc) is 2.47. The molecular formula is C8H12N2O4S. The Hall–Kier alpha value is -1.24. The third-order valence-electron chi connectivity index (χ3n) is 1.86. The molecular weight excluding hydrogens is 220 g/mol. The monoisotopic (exact) mass is 232 g/mol. The van der Waals surface area contributed by atoms with Gasteiger partial charge in [0.2, 0.25) is 5.91 Å². The standard InChI is InChI=1S/C8H12N2O4S/c11-6-5-9-8(14)10(6)2-4-15-3-1-7(12)13/h1-5H2,(H,9,14)(H,12,13). The van der Waals surface area contributed by atoms with Crippen LogP contribution in [0, 0.1) is 0 Å². The van der Waals surface area contributed by atoms with Gasteiger partial charge in [-0.15, -0.1) is 0 Å². The van der Waals surface area contributed by atoms with Crippen molar-refractivity contribution < 1.29 is 19.5 Å². The predicted molar refractivity (Wildman–Crippen MR) is 54.7 cm³/mol. The molecule has 0 aliphatic carbocycles. The van der Waals surface area contributed by atoms with Gasteiger partial charge in [-0.05, 0) is 0 Å². The number of urea groups is 1. The fourth-order valence-electron chi connectivity index (χ4n) is 1.10. The first kappa shape index (κ1) is 11.8. The topological polar surface area (TPSA) is 86.7 Å². The summed E-state index contributed by atoms with van der Waals surface area (Å²) in [6.07, 6.45) is 0.102. The van der Waals surface area contributed by atoms with Crippen LogP contribution in [-0.4, -0.2) is 52.5 Å². The van der Waals surface area contributed by atoms with Crippen LogP contribution in [0.15, 0.2) is 0 Å². The summed E-state index contributed by atoms with van der Waals surface area (Å²) in [5, 5.41) is 10.8. The molecule has 1 aliphatic heterocycles. The van der Waals surface area contributed by atoms with Crippen LogP contribution < -0.4 is 5.32 Å². The number of hydrogen-bond donors (Lipinski definition) is 2. The molecule has 1 aliphatic rings. The normalized spacial score (nSPS) is 15.6. The number of rotatable bonds is 6. The number of amides is 3. The first-order valence-electron chi connectivity index (χ1n) is 4.49. The van der Waals surface area contributed by atoms with E-state index in [9.17, 15) is 14.4 Å². The molecule has 0 bridgehead atoms. The maximum atomic E-state index is 11.1. The molecule has 1 heterocycles. The molecule has 1 fully saturated rings. The second-order valence-corrected chi connectivity index (χ2v) is 4.18. The van der Waals surface area contributed by atoms with Gasteiger partial charge in [0, 0.05) is 18.1 Å². The second kappa shape index (κ2) is 5.59. The van der Waals surface area contributed by atoms with Crippen LogP contribution >= 0.6 is 11.8 Å². The largest absolute Gasteiger partial charge is 0.481 e. The Morgan fingerprint density at radius 1 is 1.47 bits per heavy atom. The molecule has 1 rings (SSSR count). The molecule has 6 nitrogen and oxygen atoms in total. The number of aliphatic carboxylic acids is 1. The summed E-state index contributed by atoms with van der Waals surface area (Å²) in [5.74, 6) is 0.0159. The fourth-order valence-corrected chi connectivity index (χ4v) is 1.93. The SMILES string of the molecule is O=C(O)CCSCCN1C(=O)CNC1=O. The smallest absolute Gasteiger partial charge is 0.324 e. The van der Waals surface area contributed by atoms with Gasteiger partial charge >= 0.3 is 12.0 Å². The number of carbonyl (C=O) groups excluding carboxylic acids is 2. The fraction of sp³-hybridized carbons (Fsp3) is 0.625. The molecule has 0 aromatic rings. The van der Waals surface area contributed by atoms with Crippen LogP contribution in [0.2, 0.25) is 0 Å². The van der Waals surface area contributed by atoms with Crippen molar-refractivity contribution >= 4 is 29.7 Å². The number of nitrogens with zero attached hydrogens (tertiary/aromatic N) is 1. The third-order valence-corrected chi connectivity index (χ3v) is 2.82. The number of imide groups is 1. The van der Waals surface area contributed by atoms with Crippen LogP contribution in [-0.2, 0) is 9.59 Å². The Morgan fingerprint density at radius 2 is 2.20 bits per heavy atom. The van der Waals surface area contributed by atoms with Crippen LogP contribution in [0.1, 0.15) is 6.42 Å². The minimum atomic E-state index is -0.836. The van der Waals surface area contributed by atoms with Gasteiger partial charge in [0.15, 0.2) is 0 Å². The molecule has 0 atom stereocenters. The van der Waals surface area contributed by atoms with Gasteiger partial charge in [-0.1, -0.05) is 0 Å². The Kier molecular flexibility index (Phi) is 4.41. The number of thioether (sulfide) groups is 1. The van der Waals surface area contributed by atoms with Crippen molar-refractivity contribution in [2.45, 2.75) is 6.42 Å². The summed E-state index contributed by atoms with van der Waals surface area (Å²) in [5.41, 5.74) is 0. The zero-order valence-electron chi connectivity index (χ0n) is 8.06. The molecule has 3 amide bonds. The lowest BCUT2D eigenvalue weighted by molar-refractivity contribution is -0.136. The maximum Gasteiger partial charge on any atom is 0.324 e. The van der Waals surface area contributed by atoms with Crippen molar-refractivity contribution in [1.82, 2.24) is 10.2 Å². The Labute approximate surface area is 91.0 Å². The summed E-state index contributed by atoms with van der Waals surface area (Å²) in [6.45, 7) is 0.410. The van der Waals surface area contributed by atoms with Crippen LogP contribution in [0.25, 0.3) is 0 Å². The molecule has 1 saturated heterocycles. The summed E-state index contributed by atoms with van der Waals surface area (Å²) < 4.78 is 0. The van der Waals surface area contributed by atoms with E-state index in [1.807, 2.05) is 0 Å². The minimum Gasteiger partial charge on any atom is -0.481 e. The van der Waals surface area contributed by atoms with Gasteiger partial charge < -0.3 is 10.4 Å². The highest BCUT2D eigenvalue weighted by atomic mass is 32.2. The van der Waals surface area contributed by atoms with Gasteiger partial charge in [-0.25, -0.2) is 4.79 Å². The van der Waals surface area contributed by atoms with E-state index in [4.69, 9.17) is 5.11 Å². The van der Waals surface area contributed by atoms with E-state index in [0.717, 1.165) is 4.90 Å². The number of hydrogen-bond acceptors (Lipinski definition) is 4. The van der Waals surface area contributed by atoms with Crippen molar-refractivity contribution in [3.63, 3.8) is 0 Å². The third kappa shape index (κ3) is 3.78. The molecule has 0 spiro atoms. The molecule has 7 heteroatoms. The van der Waals surface area contributed by atoms with Gasteiger partial charge in [-0.3, -0.25) is 14.5 Å². The van der Waals surface area contributed by atoms with Crippen LogP contribution in [0.4, 0.5) is 4.79 Å². The molecule has 0 unspecified atom stereocenters. The first-order valence-corrected chi connectivity index (χ1v) is 5.64. The first-order chi connectivity index (χ1) is 7.11. The van der Waals surface area contributed by atoms with Gasteiger partial charge in [-0.2, -0.15) is 11.8 Å². The van der Waals surface area contributed by atoms with Crippen molar-refractivity contribution in [1.29, 1.82) is 0 Å². The average molecular weight is 232 g/mol. The highest BCUT2D eigenvalue weighted by Crippen LogP contribution is 2.05. The van der Waals surface area contributed by atoms with Crippen molar-refractivity contribution in [3.8, 4) is 0 Å². The van der Waals surface area contributed by atoms with Gasteiger partial charge in [0.1, 0.15) is 0 Å². The Morgan fingerprint density at radius 3 is 2.73 bits per heavy atom. The van der Waals surface area contributed by atoms with Crippen LogP contribution in [0.3, 0.4) is 0 Å². The molecule has 84 valence electrons. The van der Waals surface area contributed by atoms with Crippen molar-refractivity contribution in [3.05, 3.63) is 0 Å². The van der Waals surface area contributed by atoms with Crippen LogP contribution in [0.5, 0.6) is 0 Å². The van der Waals surface area contributed by atoms with E-state index in [0.29, 0.717) is 18.1 Å². The number of carboxylic acids is 1. The van der Waals surface area contributed by atoms with Crippen molar-refractivity contribution in [2.24, 2.45) is 0 Å². The lowest BCUT2D eigenvalue weighted by atomic mass is 10.5. The molecule has 0 radical (unpaired) electrons. The number of carbonyl (C=O) groups is 3. The van der Waals surface area contributed by atoms with E-state index in [2.05, 4.69) is 5.32 Å². The van der Waals surface area contributed by atoms with Gasteiger partial charge in [0.25, 0.3) is 0 Å². The molecule has 15 heavy (non-hydrogen) atoms. The quantitative estimate of drug-likeness (QED) is 0.487. The van der Waals surface area contributed by atoms with Gasteiger partial charge in [0.05, 0.1) is 13.0 Å². The van der Waals surface area contributed by atoms with E-state index < -0.39 is 5.97 Å². The van der Waals surface area contributed by atoms with E-state index in [1.54, 1.807) is 0 Å². The van der Waals surface area contributed by atoms with E-state index in [1.165, 1.54) is 11.8 Å². The highest BCUT2D eigenvalue weighted by molar-refractivity contribution is 7.99.